The molecule has 6 heteroatoms. The molecule has 2 aromatic carbocycles. The van der Waals surface area contributed by atoms with E-state index in [1.807, 2.05) is 0 Å². The van der Waals surface area contributed by atoms with Crippen LogP contribution in [-0.2, 0) is 20.7 Å². The van der Waals surface area contributed by atoms with Crippen LogP contribution >= 0.6 is 0 Å². The number of hydrogen-bond donors (Lipinski definition) is 1. The number of hydrogen-bond acceptors (Lipinski definition) is 4. The van der Waals surface area contributed by atoms with E-state index in [2.05, 4.69) is 5.32 Å². The van der Waals surface area contributed by atoms with Crippen molar-refractivity contribution >= 4 is 17.6 Å². The number of esters is 1. The number of anilines is 1. The van der Waals surface area contributed by atoms with E-state index in [0.717, 1.165) is 0 Å². The molecule has 0 fully saturated rings. The van der Waals surface area contributed by atoms with Gasteiger partial charge in [0, 0.05) is 5.69 Å². The molecule has 0 spiro atoms. The summed E-state index contributed by atoms with van der Waals surface area (Å²) in [7, 11) is 1.55. The average molecular weight is 331 g/mol. The van der Waals surface area contributed by atoms with Crippen molar-refractivity contribution in [3.63, 3.8) is 0 Å². The minimum absolute atomic E-state index is 0.0993. The molecule has 0 aromatic heterocycles. The fraction of sp³-hybridized carbons (Fsp3) is 0.222. The van der Waals surface area contributed by atoms with E-state index in [-0.39, 0.29) is 6.42 Å². The van der Waals surface area contributed by atoms with Crippen molar-refractivity contribution < 1.29 is 23.5 Å². The summed E-state index contributed by atoms with van der Waals surface area (Å²) in [6, 6.07) is 12.4. The Balaban J connectivity index is 1.87. The second kappa shape index (κ2) is 8.10. The molecule has 5 nitrogen and oxygen atoms in total. The minimum Gasteiger partial charge on any atom is -0.497 e. The molecule has 0 aliphatic carbocycles. The van der Waals surface area contributed by atoms with Gasteiger partial charge in [0.2, 0.25) is 0 Å². The lowest BCUT2D eigenvalue weighted by atomic mass is 10.1. The first-order chi connectivity index (χ1) is 11.5. The third kappa shape index (κ3) is 5.08. The zero-order valence-corrected chi connectivity index (χ0v) is 13.4. The molecule has 2 aromatic rings. The van der Waals surface area contributed by atoms with Gasteiger partial charge in [-0.3, -0.25) is 9.59 Å². The number of carbonyl (C=O) groups excluding carboxylic acids is 2. The Morgan fingerprint density at radius 1 is 1.17 bits per heavy atom. The molecule has 126 valence electrons. The fourth-order valence-electron chi connectivity index (χ4n) is 2.02. The molecule has 0 aliphatic heterocycles. The van der Waals surface area contributed by atoms with Crippen molar-refractivity contribution in [3.8, 4) is 5.75 Å². The third-order valence-corrected chi connectivity index (χ3v) is 3.27. The number of ether oxygens (including phenoxy) is 2. The first-order valence-electron chi connectivity index (χ1n) is 7.37. The van der Waals surface area contributed by atoms with Crippen LogP contribution < -0.4 is 10.1 Å². The van der Waals surface area contributed by atoms with Crippen LogP contribution in [0.5, 0.6) is 5.75 Å². The number of halogens is 1. The Morgan fingerprint density at radius 2 is 1.88 bits per heavy atom. The van der Waals surface area contributed by atoms with Gasteiger partial charge in [0.25, 0.3) is 5.91 Å². The molecule has 0 aliphatic rings. The average Bonchev–Trinajstić information content (AvgIpc) is 2.55. The molecular weight excluding hydrogens is 313 g/mol. The topological polar surface area (TPSA) is 64.6 Å². The summed E-state index contributed by atoms with van der Waals surface area (Å²) >= 11 is 0. The lowest BCUT2D eigenvalue weighted by Crippen LogP contribution is -2.30. The second-order valence-corrected chi connectivity index (χ2v) is 5.16. The third-order valence-electron chi connectivity index (χ3n) is 3.27. The zero-order chi connectivity index (χ0) is 17.5. The molecule has 0 unspecified atom stereocenters. The van der Waals surface area contributed by atoms with Crippen molar-refractivity contribution in [2.75, 3.05) is 12.4 Å². The van der Waals surface area contributed by atoms with Crippen LogP contribution in [-0.4, -0.2) is 25.1 Å². The normalized spacial score (nSPS) is 11.5. The van der Waals surface area contributed by atoms with Gasteiger partial charge in [-0.25, -0.2) is 4.39 Å². The smallest absolute Gasteiger partial charge is 0.311 e. The lowest BCUT2D eigenvalue weighted by molar-refractivity contribution is -0.152. The summed E-state index contributed by atoms with van der Waals surface area (Å²) in [4.78, 5) is 23.9. The predicted molar refractivity (Wildman–Crippen MR) is 87.3 cm³/mol. The maximum absolute atomic E-state index is 13.1. The molecule has 1 atom stereocenters. The van der Waals surface area contributed by atoms with E-state index in [0.29, 0.717) is 17.0 Å². The van der Waals surface area contributed by atoms with E-state index in [1.54, 1.807) is 37.4 Å². The van der Waals surface area contributed by atoms with Gasteiger partial charge in [0.1, 0.15) is 11.6 Å². The van der Waals surface area contributed by atoms with Gasteiger partial charge in [-0.2, -0.15) is 0 Å². The molecule has 1 amide bonds. The fourth-order valence-corrected chi connectivity index (χ4v) is 2.02. The van der Waals surface area contributed by atoms with Gasteiger partial charge in [-0.15, -0.1) is 0 Å². The summed E-state index contributed by atoms with van der Waals surface area (Å²) in [5.74, 6) is -0.807. The van der Waals surface area contributed by atoms with Crippen molar-refractivity contribution in [2.24, 2.45) is 0 Å². The van der Waals surface area contributed by atoms with Crippen molar-refractivity contribution in [1.82, 2.24) is 0 Å². The first-order valence-corrected chi connectivity index (χ1v) is 7.37. The predicted octanol–water partition coefficient (Wildman–Crippen LogP) is 2.95. The highest BCUT2D eigenvalue weighted by molar-refractivity contribution is 5.95. The van der Waals surface area contributed by atoms with Gasteiger partial charge >= 0.3 is 5.97 Å². The van der Waals surface area contributed by atoms with E-state index in [1.165, 1.54) is 25.1 Å². The number of rotatable bonds is 6. The van der Waals surface area contributed by atoms with Gasteiger partial charge in [-0.05, 0) is 48.9 Å². The van der Waals surface area contributed by atoms with E-state index in [9.17, 15) is 14.0 Å². The Morgan fingerprint density at radius 3 is 2.50 bits per heavy atom. The monoisotopic (exact) mass is 331 g/mol. The second-order valence-electron chi connectivity index (χ2n) is 5.16. The first kappa shape index (κ1) is 17.5. The molecule has 0 radical (unpaired) electrons. The number of amides is 1. The number of benzene rings is 2. The van der Waals surface area contributed by atoms with E-state index in [4.69, 9.17) is 9.47 Å². The van der Waals surface area contributed by atoms with Crippen molar-refractivity contribution in [3.05, 3.63) is 59.9 Å². The minimum atomic E-state index is -0.965. The summed E-state index contributed by atoms with van der Waals surface area (Å²) in [6.45, 7) is 1.47. The van der Waals surface area contributed by atoms with Crippen LogP contribution in [0.3, 0.4) is 0 Å². The maximum Gasteiger partial charge on any atom is 0.311 e. The van der Waals surface area contributed by atoms with Gasteiger partial charge in [-0.1, -0.05) is 12.1 Å². The molecule has 24 heavy (non-hydrogen) atoms. The van der Waals surface area contributed by atoms with Crippen LogP contribution in [0.2, 0.25) is 0 Å². The van der Waals surface area contributed by atoms with Gasteiger partial charge in [0.05, 0.1) is 13.5 Å². The van der Waals surface area contributed by atoms with E-state index >= 15 is 0 Å². The Hall–Kier alpha value is -2.89. The maximum atomic E-state index is 13.1. The number of methoxy groups -OCH3 is 1. The molecule has 0 saturated carbocycles. The standard InChI is InChI=1S/C18H18FNO4/c1-12(18(22)20-15-6-8-16(23-2)9-7-15)24-17(21)11-13-4-3-5-14(19)10-13/h3-10,12H,11H2,1-2H3,(H,20,22)/t12-/m0/s1. The highest BCUT2D eigenvalue weighted by atomic mass is 19.1. The van der Waals surface area contributed by atoms with Crippen LogP contribution in [0.25, 0.3) is 0 Å². The quantitative estimate of drug-likeness (QED) is 0.827. The molecule has 0 saturated heterocycles. The summed E-state index contributed by atoms with van der Waals surface area (Å²) in [5, 5.41) is 2.64. The lowest BCUT2D eigenvalue weighted by Gasteiger charge is -2.14. The van der Waals surface area contributed by atoms with Crippen LogP contribution in [0, 0.1) is 5.82 Å². The summed E-state index contributed by atoms with van der Waals surface area (Å²) < 4.78 is 23.2. The van der Waals surface area contributed by atoms with Crippen molar-refractivity contribution in [1.29, 1.82) is 0 Å². The molecule has 0 heterocycles. The largest absolute Gasteiger partial charge is 0.497 e. The Kier molecular flexibility index (Phi) is 5.89. The van der Waals surface area contributed by atoms with Crippen LogP contribution in [0.4, 0.5) is 10.1 Å². The molecule has 0 bridgehead atoms. The number of nitrogens with one attached hydrogen (secondary N) is 1. The SMILES string of the molecule is COc1ccc(NC(=O)[C@H](C)OC(=O)Cc2cccc(F)c2)cc1. The van der Waals surface area contributed by atoms with E-state index < -0.39 is 23.8 Å². The molecule has 1 N–H and O–H groups in total. The zero-order valence-electron chi connectivity index (χ0n) is 13.4. The summed E-state index contributed by atoms with van der Waals surface area (Å²) in [6.07, 6.45) is -1.06. The van der Waals surface area contributed by atoms with Crippen LogP contribution in [0.1, 0.15) is 12.5 Å². The Bertz CT molecular complexity index is 715. The molecule has 2 rings (SSSR count). The highest BCUT2D eigenvalue weighted by Crippen LogP contribution is 2.15. The number of carbonyl (C=O) groups is 2. The summed E-state index contributed by atoms with van der Waals surface area (Å²) in [5.41, 5.74) is 1.05. The van der Waals surface area contributed by atoms with Gasteiger partial charge < -0.3 is 14.8 Å². The van der Waals surface area contributed by atoms with Crippen LogP contribution in [0.15, 0.2) is 48.5 Å². The highest BCUT2D eigenvalue weighted by Gasteiger charge is 2.18. The van der Waals surface area contributed by atoms with Crippen molar-refractivity contribution in [2.45, 2.75) is 19.4 Å². The van der Waals surface area contributed by atoms with Gasteiger partial charge in [0.15, 0.2) is 6.10 Å². The Labute approximate surface area is 139 Å². The molecular formula is C18H18FNO4.